The number of hydrogen-bond acceptors (Lipinski definition) is 2. The molecule has 0 saturated heterocycles. The van der Waals surface area contributed by atoms with Gasteiger partial charge in [0.1, 0.15) is 5.82 Å². The van der Waals surface area contributed by atoms with E-state index in [0.29, 0.717) is 22.5 Å². The van der Waals surface area contributed by atoms with Gasteiger partial charge >= 0.3 is 12.1 Å². The number of aryl methyl sites for hydroxylation is 1. The molecule has 0 amide bonds. The Labute approximate surface area is 170 Å². The number of benzene rings is 3. The molecule has 0 fully saturated rings. The first-order valence-corrected chi connectivity index (χ1v) is 9.18. The number of imidazole rings is 1. The van der Waals surface area contributed by atoms with E-state index in [1.165, 1.54) is 12.1 Å². The van der Waals surface area contributed by atoms with Crippen LogP contribution >= 0.6 is 0 Å². The standard InChI is InChI=1S/C23H17F3N2O2/c1-28-19-10-4-9-18(15-6-3-7-16(13-15)22(29)30)21(19)27-20(28)12-14-5-2-8-17(11-14)23(24,25)26/h2-11,13H,12H2,1H3,(H,29,30). The average molecular weight is 410 g/mol. The van der Waals surface area contributed by atoms with Crippen LogP contribution in [0.2, 0.25) is 0 Å². The Hall–Kier alpha value is -3.61. The first-order chi connectivity index (χ1) is 14.2. The van der Waals surface area contributed by atoms with Gasteiger partial charge in [0.05, 0.1) is 22.2 Å². The molecule has 0 aliphatic heterocycles. The van der Waals surface area contributed by atoms with Crippen LogP contribution in [0, 0.1) is 0 Å². The quantitative estimate of drug-likeness (QED) is 0.480. The Bertz CT molecular complexity index is 1260. The lowest BCUT2D eigenvalue weighted by Gasteiger charge is -2.08. The van der Waals surface area contributed by atoms with Gasteiger partial charge in [0, 0.05) is 19.0 Å². The molecule has 0 bridgehead atoms. The van der Waals surface area contributed by atoms with Gasteiger partial charge in [0.15, 0.2) is 0 Å². The van der Waals surface area contributed by atoms with E-state index in [-0.39, 0.29) is 12.0 Å². The zero-order valence-corrected chi connectivity index (χ0v) is 15.9. The van der Waals surface area contributed by atoms with Crippen LogP contribution in [0.3, 0.4) is 0 Å². The number of carbonyl (C=O) groups is 1. The van der Waals surface area contributed by atoms with Crippen molar-refractivity contribution in [1.29, 1.82) is 0 Å². The zero-order chi connectivity index (χ0) is 21.5. The van der Waals surface area contributed by atoms with Crippen LogP contribution in [0.15, 0.2) is 66.7 Å². The van der Waals surface area contributed by atoms with Crippen molar-refractivity contribution in [3.63, 3.8) is 0 Å². The molecular weight excluding hydrogens is 393 g/mol. The highest BCUT2D eigenvalue weighted by atomic mass is 19.4. The highest BCUT2D eigenvalue weighted by Gasteiger charge is 2.30. The smallest absolute Gasteiger partial charge is 0.416 e. The molecule has 0 aliphatic carbocycles. The minimum Gasteiger partial charge on any atom is -0.478 e. The van der Waals surface area contributed by atoms with Crippen molar-refractivity contribution in [3.05, 3.63) is 89.2 Å². The molecule has 0 atom stereocenters. The fourth-order valence-electron chi connectivity index (χ4n) is 3.51. The van der Waals surface area contributed by atoms with E-state index in [9.17, 15) is 23.1 Å². The minimum atomic E-state index is -4.40. The molecular formula is C23H17F3N2O2. The molecule has 0 saturated carbocycles. The number of carboxylic acid groups (broad SMARTS) is 1. The van der Waals surface area contributed by atoms with Gasteiger partial charge in [0.2, 0.25) is 0 Å². The summed E-state index contributed by atoms with van der Waals surface area (Å²) in [7, 11) is 1.82. The topological polar surface area (TPSA) is 55.1 Å². The number of fused-ring (bicyclic) bond motifs is 1. The summed E-state index contributed by atoms with van der Waals surface area (Å²) in [4.78, 5) is 16.0. The predicted octanol–water partition coefficient (Wildman–Crippen LogP) is 5.55. The van der Waals surface area contributed by atoms with Crippen LogP contribution < -0.4 is 0 Å². The summed E-state index contributed by atoms with van der Waals surface area (Å²) < 4.78 is 40.9. The van der Waals surface area contributed by atoms with Gasteiger partial charge < -0.3 is 9.67 Å². The first-order valence-electron chi connectivity index (χ1n) is 9.18. The van der Waals surface area contributed by atoms with Crippen LogP contribution in [0.5, 0.6) is 0 Å². The van der Waals surface area contributed by atoms with Crippen molar-refractivity contribution in [2.24, 2.45) is 7.05 Å². The average Bonchev–Trinajstić information content (AvgIpc) is 3.03. The van der Waals surface area contributed by atoms with E-state index in [2.05, 4.69) is 4.98 Å². The Morgan fingerprint density at radius 2 is 1.77 bits per heavy atom. The monoisotopic (exact) mass is 410 g/mol. The Morgan fingerprint density at radius 3 is 2.50 bits per heavy atom. The lowest BCUT2D eigenvalue weighted by molar-refractivity contribution is -0.137. The second-order valence-corrected chi connectivity index (χ2v) is 7.02. The molecule has 4 aromatic rings. The second-order valence-electron chi connectivity index (χ2n) is 7.02. The lowest BCUT2D eigenvalue weighted by atomic mass is 10.0. The highest BCUT2D eigenvalue weighted by molar-refractivity contribution is 5.95. The SMILES string of the molecule is Cn1c(Cc2cccc(C(F)(F)F)c2)nc2c(-c3cccc(C(=O)O)c3)cccc21. The van der Waals surface area contributed by atoms with Gasteiger partial charge in [-0.25, -0.2) is 9.78 Å². The molecule has 0 spiro atoms. The number of nitrogens with zero attached hydrogens (tertiary/aromatic N) is 2. The van der Waals surface area contributed by atoms with Crippen LogP contribution in [0.4, 0.5) is 13.2 Å². The van der Waals surface area contributed by atoms with Gasteiger partial charge in [-0.2, -0.15) is 13.2 Å². The van der Waals surface area contributed by atoms with Crippen LogP contribution in [0.1, 0.15) is 27.3 Å². The van der Waals surface area contributed by atoms with Gasteiger partial charge in [-0.1, -0.05) is 42.5 Å². The fourth-order valence-corrected chi connectivity index (χ4v) is 3.51. The number of rotatable bonds is 4. The van der Waals surface area contributed by atoms with E-state index in [0.717, 1.165) is 23.2 Å². The second kappa shape index (κ2) is 7.33. The third kappa shape index (κ3) is 3.66. The molecule has 152 valence electrons. The largest absolute Gasteiger partial charge is 0.478 e. The van der Waals surface area contributed by atoms with Crippen molar-refractivity contribution in [1.82, 2.24) is 9.55 Å². The maximum Gasteiger partial charge on any atom is 0.416 e. The van der Waals surface area contributed by atoms with Crippen LogP contribution in [0.25, 0.3) is 22.2 Å². The molecule has 7 heteroatoms. The molecule has 30 heavy (non-hydrogen) atoms. The zero-order valence-electron chi connectivity index (χ0n) is 15.9. The maximum absolute atomic E-state index is 13.0. The van der Waals surface area contributed by atoms with Crippen molar-refractivity contribution in [3.8, 4) is 11.1 Å². The molecule has 1 heterocycles. The number of halogens is 3. The summed E-state index contributed by atoms with van der Waals surface area (Å²) in [5, 5.41) is 9.26. The Balaban J connectivity index is 1.78. The van der Waals surface area contributed by atoms with Gasteiger partial charge in [-0.15, -0.1) is 0 Å². The molecule has 0 radical (unpaired) electrons. The minimum absolute atomic E-state index is 0.171. The Kier molecular flexibility index (Phi) is 4.81. The lowest BCUT2D eigenvalue weighted by Crippen LogP contribution is -2.06. The normalized spacial score (nSPS) is 11.7. The number of hydrogen-bond donors (Lipinski definition) is 1. The van der Waals surface area contributed by atoms with Crippen LogP contribution in [-0.4, -0.2) is 20.6 Å². The molecule has 0 unspecified atom stereocenters. The fraction of sp³-hybridized carbons (Fsp3) is 0.130. The number of aromatic carboxylic acids is 1. The van der Waals surface area contributed by atoms with Crippen molar-refractivity contribution >= 4 is 17.0 Å². The van der Waals surface area contributed by atoms with E-state index >= 15 is 0 Å². The van der Waals surface area contributed by atoms with E-state index < -0.39 is 17.7 Å². The van der Waals surface area contributed by atoms with Gasteiger partial charge in [0.25, 0.3) is 0 Å². The number of para-hydroxylation sites is 1. The van der Waals surface area contributed by atoms with Gasteiger partial charge in [-0.3, -0.25) is 0 Å². The third-order valence-corrected chi connectivity index (χ3v) is 5.04. The first kappa shape index (κ1) is 19.7. The summed E-state index contributed by atoms with van der Waals surface area (Å²) in [6.07, 6.45) is -4.16. The molecule has 1 N–H and O–H groups in total. The molecule has 4 rings (SSSR count). The number of aromatic nitrogens is 2. The van der Waals surface area contributed by atoms with Crippen molar-refractivity contribution in [2.45, 2.75) is 12.6 Å². The summed E-state index contributed by atoms with van der Waals surface area (Å²) >= 11 is 0. The maximum atomic E-state index is 13.0. The third-order valence-electron chi connectivity index (χ3n) is 5.04. The Morgan fingerprint density at radius 1 is 1.03 bits per heavy atom. The summed E-state index contributed by atoms with van der Waals surface area (Å²) in [5.74, 6) is -0.401. The van der Waals surface area contributed by atoms with Crippen molar-refractivity contribution in [2.75, 3.05) is 0 Å². The summed E-state index contributed by atoms with van der Waals surface area (Å²) in [6.45, 7) is 0. The van der Waals surface area contributed by atoms with Gasteiger partial charge in [-0.05, 0) is 35.4 Å². The van der Waals surface area contributed by atoms with Crippen LogP contribution in [-0.2, 0) is 19.6 Å². The number of carboxylic acids is 1. The summed E-state index contributed by atoms with van der Waals surface area (Å²) in [6, 6.07) is 17.4. The highest BCUT2D eigenvalue weighted by Crippen LogP contribution is 2.32. The molecule has 3 aromatic carbocycles. The number of alkyl halides is 3. The molecule has 1 aromatic heterocycles. The molecule has 4 nitrogen and oxygen atoms in total. The van der Waals surface area contributed by atoms with E-state index in [4.69, 9.17) is 0 Å². The van der Waals surface area contributed by atoms with Crippen molar-refractivity contribution < 1.29 is 23.1 Å². The van der Waals surface area contributed by atoms with E-state index in [1.54, 1.807) is 18.2 Å². The van der Waals surface area contributed by atoms with E-state index in [1.807, 2.05) is 35.9 Å². The predicted molar refractivity (Wildman–Crippen MR) is 107 cm³/mol. The summed E-state index contributed by atoms with van der Waals surface area (Å²) in [5.41, 5.74) is 2.96. The molecule has 0 aliphatic rings.